The van der Waals surface area contributed by atoms with E-state index in [1.807, 2.05) is 6.92 Å². The summed E-state index contributed by atoms with van der Waals surface area (Å²) in [6.45, 7) is 2.65. The summed E-state index contributed by atoms with van der Waals surface area (Å²) in [5.74, 6) is 0.692. The van der Waals surface area contributed by atoms with Gasteiger partial charge in [-0.2, -0.15) is 0 Å². The molecule has 8 heteroatoms. The zero-order chi connectivity index (χ0) is 18.2. The van der Waals surface area contributed by atoms with E-state index in [1.54, 1.807) is 24.3 Å². The summed E-state index contributed by atoms with van der Waals surface area (Å²) in [4.78, 5) is 22.0. The van der Waals surface area contributed by atoms with Crippen molar-refractivity contribution in [3.63, 3.8) is 0 Å². The number of hydrogen-bond donors (Lipinski definition) is 0. The Hall–Kier alpha value is -2.80. The molecule has 0 aliphatic heterocycles. The van der Waals surface area contributed by atoms with Crippen molar-refractivity contribution in [3.05, 3.63) is 63.2 Å². The van der Waals surface area contributed by atoms with Gasteiger partial charge in [-0.3, -0.25) is 10.1 Å². The monoisotopic (exact) mass is 365 g/mol. The quantitative estimate of drug-likeness (QED) is 0.305. The first-order valence-corrected chi connectivity index (χ1v) is 7.85. The SMILES string of the molecule is CCOc1ccc(OCCOC(=O)c2ccc([N+](=O)[O-])cc2Cl)cc1. The molecular weight excluding hydrogens is 350 g/mol. The zero-order valence-corrected chi connectivity index (χ0v) is 14.2. The summed E-state index contributed by atoms with van der Waals surface area (Å²) in [7, 11) is 0. The third kappa shape index (κ3) is 5.36. The molecule has 0 radical (unpaired) electrons. The fraction of sp³-hybridized carbons (Fsp3) is 0.235. The Balaban J connectivity index is 1.81. The van der Waals surface area contributed by atoms with Gasteiger partial charge < -0.3 is 14.2 Å². The highest BCUT2D eigenvalue weighted by Gasteiger charge is 2.16. The van der Waals surface area contributed by atoms with Gasteiger partial charge in [0.15, 0.2) is 0 Å². The van der Waals surface area contributed by atoms with Crippen LogP contribution in [-0.2, 0) is 4.74 Å². The number of nitro groups is 1. The van der Waals surface area contributed by atoms with Gasteiger partial charge in [-0.15, -0.1) is 0 Å². The minimum absolute atomic E-state index is 0.0133. The number of rotatable bonds is 8. The van der Waals surface area contributed by atoms with E-state index in [2.05, 4.69) is 0 Å². The van der Waals surface area contributed by atoms with Crippen LogP contribution < -0.4 is 9.47 Å². The van der Waals surface area contributed by atoms with Gasteiger partial charge in [-0.1, -0.05) is 11.6 Å². The summed E-state index contributed by atoms with van der Waals surface area (Å²) in [6.07, 6.45) is 0. The molecule has 0 aliphatic carbocycles. The molecule has 0 atom stereocenters. The maximum atomic E-state index is 11.9. The number of carbonyl (C=O) groups excluding carboxylic acids is 1. The Labute approximate surface area is 149 Å². The number of halogens is 1. The van der Waals surface area contributed by atoms with Crippen molar-refractivity contribution in [1.29, 1.82) is 0 Å². The Bertz CT molecular complexity index is 747. The second kappa shape index (κ2) is 8.89. The number of nitrogens with zero attached hydrogens (tertiary/aromatic N) is 1. The van der Waals surface area contributed by atoms with Crippen molar-refractivity contribution < 1.29 is 23.9 Å². The van der Waals surface area contributed by atoms with Crippen LogP contribution in [0.1, 0.15) is 17.3 Å². The maximum Gasteiger partial charge on any atom is 0.339 e. The van der Waals surface area contributed by atoms with E-state index in [0.29, 0.717) is 12.4 Å². The predicted octanol–water partition coefficient (Wildman–Crippen LogP) is 3.88. The highest BCUT2D eigenvalue weighted by Crippen LogP contribution is 2.23. The Morgan fingerprint density at radius 3 is 2.28 bits per heavy atom. The van der Waals surface area contributed by atoms with Crippen LogP contribution in [0.25, 0.3) is 0 Å². The van der Waals surface area contributed by atoms with Crippen LogP contribution >= 0.6 is 11.6 Å². The first-order valence-electron chi connectivity index (χ1n) is 7.48. The van der Waals surface area contributed by atoms with Crippen LogP contribution in [0.15, 0.2) is 42.5 Å². The third-order valence-electron chi connectivity index (χ3n) is 3.10. The van der Waals surface area contributed by atoms with Crippen LogP contribution in [-0.4, -0.2) is 30.7 Å². The van der Waals surface area contributed by atoms with E-state index in [-0.39, 0.29) is 29.5 Å². The van der Waals surface area contributed by atoms with E-state index in [0.717, 1.165) is 11.8 Å². The lowest BCUT2D eigenvalue weighted by atomic mass is 10.2. The van der Waals surface area contributed by atoms with E-state index in [9.17, 15) is 14.9 Å². The molecule has 2 aromatic carbocycles. The first kappa shape index (κ1) is 18.5. The number of carbonyl (C=O) groups is 1. The largest absolute Gasteiger partial charge is 0.494 e. The molecule has 0 heterocycles. The van der Waals surface area contributed by atoms with Crippen LogP contribution in [0.4, 0.5) is 5.69 Å². The molecule has 132 valence electrons. The van der Waals surface area contributed by atoms with Gasteiger partial charge in [-0.05, 0) is 37.3 Å². The van der Waals surface area contributed by atoms with Gasteiger partial charge in [0.2, 0.25) is 0 Å². The normalized spacial score (nSPS) is 10.2. The van der Waals surface area contributed by atoms with Crippen molar-refractivity contribution >= 4 is 23.3 Å². The van der Waals surface area contributed by atoms with Crippen molar-refractivity contribution in [3.8, 4) is 11.5 Å². The topological polar surface area (TPSA) is 87.9 Å². The highest BCUT2D eigenvalue weighted by atomic mass is 35.5. The van der Waals surface area contributed by atoms with Crippen LogP contribution in [0.5, 0.6) is 11.5 Å². The lowest BCUT2D eigenvalue weighted by molar-refractivity contribution is -0.384. The summed E-state index contributed by atoms with van der Waals surface area (Å²) in [5, 5.41) is 10.6. The number of benzene rings is 2. The summed E-state index contributed by atoms with van der Waals surface area (Å²) >= 11 is 5.87. The number of ether oxygens (including phenoxy) is 3. The summed E-state index contributed by atoms with van der Waals surface area (Å²) < 4.78 is 15.8. The Morgan fingerprint density at radius 1 is 1.08 bits per heavy atom. The molecule has 0 aliphatic rings. The molecule has 0 N–H and O–H groups in total. The van der Waals surface area contributed by atoms with E-state index in [1.165, 1.54) is 12.1 Å². The summed E-state index contributed by atoms with van der Waals surface area (Å²) in [6, 6.07) is 10.6. The number of hydrogen-bond acceptors (Lipinski definition) is 6. The molecule has 2 aromatic rings. The van der Waals surface area contributed by atoms with Gasteiger partial charge in [-0.25, -0.2) is 4.79 Å². The molecule has 0 amide bonds. The molecule has 0 unspecified atom stereocenters. The second-order valence-electron chi connectivity index (χ2n) is 4.81. The lowest BCUT2D eigenvalue weighted by Gasteiger charge is -2.09. The smallest absolute Gasteiger partial charge is 0.339 e. The van der Waals surface area contributed by atoms with Gasteiger partial charge >= 0.3 is 5.97 Å². The van der Waals surface area contributed by atoms with Crippen LogP contribution in [0.3, 0.4) is 0 Å². The molecule has 0 saturated heterocycles. The van der Waals surface area contributed by atoms with Crippen molar-refractivity contribution in [2.24, 2.45) is 0 Å². The van der Waals surface area contributed by atoms with E-state index in [4.69, 9.17) is 25.8 Å². The van der Waals surface area contributed by atoms with Crippen molar-refractivity contribution in [2.75, 3.05) is 19.8 Å². The molecule has 0 aromatic heterocycles. The number of esters is 1. The first-order chi connectivity index (χ1) is 12.0. The molecule has 2 rings (SSSR count). The number of non-ortho nitro benzene ring substituents is 1. The van der Waals surface area contributed by atoms with Gasteiger partial charge in [0.1, 0.15) is 24.7 Å². The molecule has 25 heavy (non-hydrogen) atoms. The van der Waals surface area contributed by atoms with Crippen LogP contribution in [0, 0.1) is 10.1 Å². The average Bonchev–Trinajstić information content (AvgIpc) is 2.60. The fourth-order valence-electron chi connectivity index (χ4n) is 1.95. The highest BCUT2D eigenvalue weighted by molar-refractivity contribution is 6.33. The third-order valence-corrected chi connectivity index (χ3v) is 3.42. The van der Waals surface area contributed by atoms with E-state index < -0.39 is 10.9 Å². The maximum absolute atomic E-state index is 11.9. The molecular formula is C17H16ClNO6. The number of nitro benzene ring substituents is 1. The minimum atomic E-state index is -0.671. The van der Waals surface area contributed by atoms with Gasteiger partial charge in [0.25, 0.3) is 5.69 Å². The Kier molecular flexibility index (Phi) is 6.59. The van der Waals surface area contributed by atoms with Crippen molar-refractivity contribution in [2.45, 2.75) is 6.92 Å². The van der Waals surface area contributed by atoms with Crippen molar-refractivity contribution in [1.82, 2.24) is 0 Å². The Morgan fingerprint density at radius 2 is 1.72 bits per heavy atom. The molecule has 0 bridgehead atoms. The molecule has 0 saturated carbocycles. The van der Waals surface area contributed by atoms with E-state index >= 15 is 0 Å². The molecule has 0 spiro atoms. The molecule has 0 fully saturated rings. The predicted molar refractivity (Wildman–Crippen MR) is 91.5 cm³/mol. The fourth-order valence-corrected chi connectivity index (χ4v) is 2.21. The van der Waals surface area contributed by atoms with Crippen LogP contribution in [0.2, 0.25) is 5.02 Å². The summed E-state index contributed by atoms with van der Waals surface area (Å²) in [5.41, 5.74) is -0.131. The van der Waals surface area contributed by atoms with Gasteiger partial charge in [0, 0.05) is 12.1 Å². The average molecular weight is 366 g/mol. The van der Waals surface area contributed by atoms with Gasteiger partial charge in [0.05, 0.1) is 22.1 Å². The molecule has 7 nitrogen and oxygen atoms in total. The minimum Gasteiger partial charge on any atom is -0.494 e. The zero-order valence-electron chi connectivity index (χ0n) is 13.4. The standard InChI is InChI=1S/C17H16ClNO6/c1-2-23-13-4-6-14(7-5-13)24-9-10-25-17(20)15-8-3-12(19(21)22)11-16(15)18/h3-8,11H,2,9-10H2,1H3. The lowest BCUT2D eigenvalue weighted by Crippen LogP contribution is -2.12. The second-order valence-corrected chi connectivity index (χ2v) is 5.22.